The molecule has 2 bridgehead atoms. The summed E-state index contributed by atoms with van der Waals surface area (Å²) in [6.45, 7) is 9.25. The molecule has 31 heavy (non-hydrogen) atoms. The summed E-state index contributed by atoms with van der Waals surface area (Å²) in [7, 11) is 0. The van der Waals surface area contributed by atoms with Crippen LogP contribution in [0.5, 0.6) is 0 Å². The van der Waals surface area contributed by atoms with E-state index in [1.807, 2.05) is 6.07 Å². The van der Waals surface area contributed by atoms with Gasteiger partial charge in [0.2, 0.25) is 0 Å². The van der Waals surface area contributed by atoms with Gasteiger partial charge in [0, 0.05) is 23.8 Å². The molecule has 8 unspecified atom stereocenters. The predicted octanol–water partition coefficient (Wildman–Crippen LogP) is 5.85. The quantitative estimate of drug-likeness (QED) is 0.611. The summed E-state index contributed by atoms with van der Waals surface area (Å²) in [5.74, 6) is 1.21. The van der Waals surface area contributed by atoms with Crippen molar-refractivity contribution in [1.29, 1.82) is 0 Å². The minimum atomic E-state index is -0.679. The minimum absolute atomic E-state index is 0.0154. The van der Waals surface area contributed by atoms with Crippen molar-refractivity contribution in [3.63, 3.8) is 0 Å². The zero-order valence-electron chi connectivity index (χ0n) is 19.2. The Kier molecular flexibility index (Phi) is 4.66. The first-order chi connectivity index (χ1) is 14.5. The Labute approximate surface area is 184 Å². The third-order valence-corrected chi connectivity index (χ3v) is 10.1. The molecule has 4 fully saturated rings. The Hall–Kier alpha value is -1.78. The monoisotopic (exact) mass is 428 g/mol. The van der Waals surface area contributed by atoms with Crippen LogP contribution in [0, 0.1) is 45.8 Å². The molecule has 1 aromatic heterocycles. The summed E-state index contributed by atoms with van der Waals surface area (Å²) in [6, 6.07) is 1.93. The Morgan fingerprint density at radius 2 is 1.94 bits per heavy atom. The summed E-state index contributed by atoms with van der Waals surface area (Å²) in [5, 5.41) is 9.74. The van der Waals surface area contributed by atoms with Crippen molar-refractivity contribution in [3.05, 3.63) is 24.2 Å². The molecule has 0 spiro atoms. The number of cyclic esters (lactones) is 1. The van der Waals surface area contributed by atoms with E-state index in [1.54, 1.807) is 12.5 Å². The first kappa shape index (κ1) is 21.1. The van der Waals surface area contributed by atoms with Crippen LogP contribution in [0.15, 0.2) is 23.0 Å². The summed E-state index contributed by atoms with van der Waals surface area (Å²) in [6.07, 6.45) is 9.34. The molecule has 3 aliphatic carbocycles. The number of carboxylic acids is 1. The van der Waals surface area contributed by atoms with Crippen LogP contribution in [0.3, 0.4) is 0 Å². The van der Waals surface area contributed by atoms with Crippen molar-refractivity contribution >= 4 is 11.9 Å². The average molecular weight is 429 g/mol. The number of aliphatic carboxylic acids is 1. The third-order valence-electron chi connectivity index (χ3n) is 10.1. The number of ether oxygens (including phenoxy) is 1. The maximum atomic E-state index is 12.7. The summed E-state index contributed by atoms with van der Waals surface area (Å²) in [5.41, 5.74) is 0.915. The normalized spacial score (nSPS) is 45.9. The molecule has 1 aromatic rings. The van der Waals surface area contributed by atoms with E-state index in [1.165, 1.54) is 0 Å². The lowest BCUT2D eigenvalue weighted by Crippen LogP contribution is -2.60. The maximum Gasteiger partial charge on any atom is 0.306 e. The first-order valence-electron chi connectivity index (χ1n) is 12.0. The van der Waals surface area contributed by atoms with E-state index < -0.39 is 5.97 Å². The van der Waals surface area contributed by atoms with Gasteiger partial charge in [0.05, 0.1) is 12.5 Å². The van der Waals surface area contributed by atoms with Gasteiger partial charge in [-0.15, -0.1) is 0 Å². The molecule has 5 nitrogen and oxygen atoms in total. The Morgan fingerprint density at radius 1 is 1.16 bits per heavy atom. The molecule has 170 valence electrons. The van der Waals surface area contributed by atoms with Crippen molar-refractivity contribution in [2.75, 3.05) is 0 Å². The van der Waals surface area contributed by atoms with Crippen molar-refractivity contribution in [2.24, 2.45) is 45.8 Å². The van der Waals surface area contributed by atoms with Crippen molar-refractivity contribution in [1.82, 2.24) is 0 Å². The smallest absolute Gasteiger partial charge is 0.306 e. The van der Waals surface area contributed by atoms with Crippen LogP contribution in [0.2, 0.25) is 0 Å². The van der Waals surface area contributed by atoms with Crippen molar-refractivity contribution in [2.45, 2.75) is 78.7 Å². The fourth-order valence-corrected chi connectivity index (χ4v) is 9.12. The Balaban J connectivity index is 1.53. The molecule has 5 heteroatoms. The lowest BCUT2D eigenvalue weighted by molar-refractivity contribution is -0.216. The van der Waals surface area contributed by atoms with E-state index >= 15 is 0 Å². The highest BCUT2D eigenvalue weighted by molar-refractivity contribution is 5.71. The molecule has 5 rings (SSSR count). The molecule has 1 saturated heterocycles. The van der Waals surface area contributed by atoms with Gasteiger partial charge in [0.1, 0.15) is 6.10 Å². The van der Waals surface area contributed by atoms with Gasteiger partial charge in [0.25, 0.3) is 0 Å². The summed E-state index contributed by atoms with van der Waals surface area (Å²) >= 11 is 0. The van der Waals surface area contributed by atoms with Gasteiger partial charge in [-0.25, -0.2) is 0 Å². The number of fused-ring (bicyclic) bond motifs is 6. The van der Waals surface area contributed by atoms with Crippen LogP contribution in [-0.4, -0.2) is 17.0 Å². The number of hydrogen-bond donors (Lipinski definition) is 1. The fourth-order valence-electron chi connectivity index (χ4n) is 9.12. The van der Waals surface area contributed by atoms with Crippen LogP contribution < -0.4 is 0 Å². The zero-order chi connectivity index (χ0) is 22.2. The van der Waals surface area contributed by atoms with Gasteiger partial charge >= 0.3 is 11.9 Å². The number of carbonyl (C=O) groups is 2. The molecular formula is C26H36O5. The largest absolute Gasteiger partial charge is 0.481 e. The molecule has 1 aliphatic heterocycles. The van der Waals surface area contributed by atoms with Gasteiger partial charge in [-0.05, 0) is 78.6 Å². The number of furan rings is 1. The number of carbonyl (C=O) groups excluding carboxylic acids is 1. The molecule has 2 heterocycles. The van der Waals surface area contributed by atoms with Gasteiger partial charge in [-0.3, -0.25) is 9.59 Å². The third kappa shape index (κ3) is 3.09. The van der Waals surface area contributed by atoms with Crippen molar-refractivity contribution < 1.29 is 23.8 Å². The van der Waals surface area contributed by atoms with E-state index in [9.17, 15) is 14.7 Å². The molecule has 0 radical (unpaired) electrons. The molecule has 8 atom stereocenters. The predicted molar refractivity (Wildman–Crippen MR) is 115 cm³/mol. The van der Waals surface area contributed by atoms with E-state index in [2.05, 4.69) is 27.7 Å². The SMILES string of the molecule is CC1(C)CC2CC3C4CC(=O)OC(c5ccoc5)C4(C)CCC3C(C)(C2)C1CC(=O)O. The second kappa shape index (κ2) is 6.86. The lowest BCUT2D eigenvalue weighted by atomic mass is 9.38. The fraction of sp³-hybridized carbons (Fsp3) is 0.769. The average Bonchev–Trinajstić information content (AvgIpc) is 3.19. The highest BCUT2D eigenvalue weighted by Crippen LogP contribution is 2.70. The minimum Gasteiger partial charge on any atom is -0.481 e. The topological polar surface area (TPSA) is 76.7 Å². The molecular weight excluding hydrogens is 392 g/mol. The maximum absolute atomic E-state index is 12.7. The Morgan fingerprint density at radius 3 is 2.61 bits per heavy atom. The van der Waals surface area contributed by atoms with Crippen LogP contribution >= 0.6 is 0 Å². The molecule has 0 aromatic carbocycles. The van der Waals surface area contributed by atoms with Crippen LogP contribution in [-0.2, 0) is 14.3 Å². The van der Waals surface area contributed by atoms with E-state index in [-0.39, 0.29) is 46.6 Å². The van der Waals surface area contributed by atoms with Crippen LogP contribution in [0.25, 0.3) is 0 Å². The zero-order valence-corrected chi connectivity index (χ0v) is 19.2. The summed E-state index contributed by atoms with van der Waals surface area (Å²) in [4.78, 5) is 24.6. The summed E-state index contributed by atoms with van der Waals surface area (Å²) < 4.78 is 11.3. The van der Waals surface area contributed by atoms with Gasteiger partial charge in [-0.2, -0.15) is 0 Å². The number of hydrogen-bond acceptors (Lipinski definition) is 4. The standard InChI is InChI=1S/C26H36O5/c1-24(2)12-15-9-17-18(26(4,13-15)20(24)11-21(27)28)5-7-25(3)19(17)10-22(29)31-23(25)16-6-8-30-14-16/h6,8,14-15,17-20,23H,5,7,9-13H2,1-4H3,(H,27,28). The highest BCUT2D eigenvalue weighted by atomic mass is 16.5. The second-order valence-electron chi connectivity index (χ2n) is 12.2. The van der Waals surface area contributed by atoms with E-state index in [4.69, 9.17) is 9.15 Å². The molecule has 3 saturated carbocycles. The number of rotatable bonds is 3. The van der Waals surface area contributed by atoms with Crippen LogP contribution in [0.4, 0.5) is 0 Å². The van der Waals surface area contributed by atoms with Gasteiger partial charge < -0.3 is 14.3 Å². The Bertz CT molecular complexity index is 872. The molecule has 4 aliphatic rings. The van der Waals surface area contributed by atoms with E-state index in [0.29, 0.717) is 24.2 Å². The van der Waals surface area contributed by atoms with Gasteiger partial charge in [0.15, 0.2) is 0 Å². The second-order valence-corrected chi connectivity index (χ2v) is 12.2. The van der Waals surface area contributed by atoms with E-state index in [0.717, 1.165) is 37.7 Å². The number of esters is 1. The van der Waals surface area contributed by atoms with Crippen LogP contribution in [0.1, 0.15) is 84.3 Å². The van der Waals surface area contributed by atoms with Crippen molar-refractivity contribution in [3.8, 4) is 0 Å². The lowest BCUT2D eigenvalue weighted by Gasteiger charge is -2.66. The highest BCUT2D eigenvalue weighted by Gasteiger charge is 2.64. The first-order valence-corrected chi connectivity index (χ1v) is 12.0. The molecule has 0 amide bonds. The number of carboxylic acid groups (broad SMARTS) is 1. The molecule has 1 N–H and O–H groups in total. The van der Waals surface area contributed by atoms with Gasteiger partial charge in [-0.1, -0.05) is 27.7 Å².